The molecule has 0 heterocycles. The topological polar surface area (TPSA) is 32.6 Å². The fourth-order valence-corrected chi connectivity index (χ4v) is 1.61. The van der Waals surface area contributed by atoms with Gasteiger partial charge in [-0.15, -0.1) is 0 Å². The lowest BCUT2D eigenvalue weighted by Crippen LogP contribution is -1.94. The van der Waals surface area contributed by atoms with E-state index >= 15 is 0 Å². The number of oxime groups is 1. The van der Waals surface area contributed by atoms with Gasteiger partial charge in [-0.25, -0.2) is 0 Å². The molecule has 0 bridgehead atoms. The first-order valence-corrected chi connectivity index (χ1v) is 5.47. The van der Waals surface area contributed by atoms with Crippen molar-refractivity contribution in [3.63, 3.8) is 0 Å². The Morgan fingerprint density at radius 1 is 1.00 bits per heavy atom. The molecule has 1 N–H and O–H groups in total. The largest absolute Gasteiger partial charge is 0.411 e. The lowest BCUT2D eigenvalue weighted by molar-refractivity contribution is 0.318. The summed E-state index contributed by atoms with van der Waals surface area (Å²) in [7, 11) is 0. The van der Waals surface area contributed by atoms with Crippen LogP contribution in [-0.2, 0) is 0 Å². The lowest BCUT2D eigenvalue weighted by atomic mass is 10.1. The molecule has 0 spiro atoms. The van der Waals surface area contributed by atoms with Gasteiger partial charge in [-0.1, -0.05) is 42.6 Å². The van der Waals surface area contributed by atoms with Gasteiger partial charge in [0.2, 0.25) is 0 Å². The molecule has 0 fully saturated rings. The molecule has 0 saturated carbocycles. The van der Waals surface area contributed by atoms with Gasteiger partial charge in [0.15, 0.2) is 0 Å². The van der Waals surface area contributed by atoms with Gasteiger partial charge in [-0.2, -0.15) is 0 Å². The number of hydrogen-bond donors (Lipinski definition) is 1. The number of allylic oxidation sites excluding steroid dienone is 4. The first-order valence-electron chi connectivity index (χ1n) is 5.47. The Labute approximate surface area is 86.0 Å². The average Bonchev–Trinajstić information content (AvgIpc) is 2.19. The Bertz CT molecular complexity index is 228. The highest BCUT2D eigenvalue weighted by atomic mass is 16.4. The van der Waals surface area contributed by atoms with Crippen LogP contribution in [-0.4, -0.2) is 10.9 Å². The number of rotatable bonds is 0. The fourth-order valence-electron chi connectivity index (χ4n) is 1.61. The second-order valence-corrected chi connectivity index (χ2v) is 3.69. The molecule has 1 aliphatic carbocycles. The highest BCUT2D eigenvalue weighted by molar-refractivity contribution is 5.94. The third kappa shape index (κ3) is 4.85. The molecule has 0 atom stereocenters. The molecule has 2 nitrogen and oxygen atoms in total. The Morgan fingerprint density at radius 3 is 2.64 bits per heavy atom. The van der Waals surface area contributed by atoms with Crippen molar-refractivity contribution in [3.05, 3.63) is 24.3 Å². The van der Waals surface area contributed by atoms with E-state index in [2.05, 4.69) is 11.2 Å². The number of hydrogen-bond acceptors (Lipinski definition) is 2. The van der Waals surface area contributed by atoms with Gasteiger partial charge < -0.3 is 5.21 Å². The van der Waals surface area contributed by atoms with Gasteiger partial charge in [0.05, 0.1) is 5.71 Å². The number of nitrogens with zero attached hydrogens (tertiary/aromatic N) is 1. The molecule has 0 aliphatic heterocycles. The molecule has 0 saturated heterocycles. The summed E-state index contributed by atoms with van der Waals surface area (Å²) in [5.74, 6) is 0. The predicted molar refractivity (Wildman–Crippen MR) is 59.8 cm³/mol. The minimum absolute atomic E-state index is 0.787. The van der Waals surface area contributed by atoms with Crippen LogP contribution in [0.25, 0.3) is 0 Å². The van der Waals surface area contributed by atoms with Crippen molar-refractivity contribution in [2.45, 2.75) is 44.9 Å². The molecule has 0 aromatic rings. The van der Waals surface area contributed by atoms with E-state index in [1.54, 1.807) is 0 Å². The molecule has 1 aliphatic rings. The summed E-state index contributed by atoms with van der Waals surface area (Å²) < 4.78 is 0. The van der Waals surface area contributed by atoms with Crippen LogP contribution in [0.15, 0.2) is 29.5 Å². The van der Waals surface area contributed by atoms with Crippen molar-refractivity contribution < 1.29 is 5.21 Å². The summed E-state index contributed by atoms with van der Waals surface area (Å²) >= 11 is 0. The van der Waals surface area contributed by atoms with Crippen LogP contribution in [0.4, 0.5) is 0 Å². The van der Waals surface area contributed by atoms with Gasteiger partial charge in [0.25, 0.3) is 0 Å². The first-order chi connectivity index (χ1) is 6.93. The molecule has 0 aromatic carbocycles. The zero-order valence-corrected chi connectivity index (χ0v) is 8.65. The van der Waals surface area contributed by atoms with E-state index in [-0.39, 0.29) is 0 Å². The van der Waals surface area contributed by atoms with Crippen LogP contribution in [0.5, 0.6) is 0 Å². The normalized spacial score (nSPS) is 23.0. The minimum atomic E-state index is 0.787. The Morgan fingerprint density at radius 2 is 1.79 bits per heavy atom. The van der Waals surface area contributed by atoms with Crippen LogP contribution < -0.4 is 0 Å². The van der Waals surface area contributed by atoms with Gasteiger partial charge in [0, 0.05) is 0 Å². The summed E-state index contributed by atoms with van der Waals surface area (Å²) in [6.45, 7) is 0. The van der Waals surface area contributed by atoms with Crippen molar-refractivity contribution in [2.24, 2.45) is 5.16 Å². The van der Waals surface area contributed by atoms with Crippen molar-refractivity contribution in [3.8, 4) is 0 Å². The Kier molecular flexibility index (Phi) is 5.80. The van der Waals surface area contributed by atoms with Crippen LogP contribution in [0.1, 0.15) is 44.9 Å². The van der Waals surface area contributed by atoms with Crippen molar-refractivity contribution in [1.82, 2.24) is 0 Å². The third-order valence-electron chi connectivity index (χ3n) is 2.47. The summed E-state index contributed by atoms with van der Waals surface area (Å²) in [6.07, 6.45) is 16.4. The van der Waals surface area contributed by atoms with E-state index in [1.165, 1.54) is 25.7 Å². The molecule has 0 radical (unpaired) electrons. The van der Waals surface area contributed by atoms with Gasteiger partial charge in [-0.3, -0.25) is 0 Å². The zero-order chi connectivity index (χ0) is 10.1. The van der Waals surface area contributed by atoms with E-state index in [1.807, 2.05) is 18.2 Å². The molecule has 0 amide bonds. The van der Waals surface area contributed by atoms with Crippen LogP contribution in [0, 0.1) is 0 Å². The second kappa shape index (κ2) is 7.36. The van der Waals surface area contributed by atoms with Crippen molar-refractivity contribution in [1.29, 1.82) is 0 Å². The van der Waals surface area contributed by atoms with Gasteiger partial charge >= 0.3 is 0 Å². The first kappa shape index (κ1) is 11.0. The molecule has 2 heteroatoms. The molecule has 0 unspecified atom stereocenters. The van der Waals surface area contributed by atoms with E-state index < -0.39 is 0 Å². The maximum Gasteiger partial charge on any atom is 0.0795 e. The maximum atomic E-state index is 8.71. The lowest BCUT2D eigenvalue weighted by Gasteiger charge is -2.01. The minimum Gasteiger partial charge on any atom is -0.411 e. The van der Waals surface area contributed by atoms with Gasteiger partial charge in [-0.05, 0) is 31.8 Å². The summed E-state index contributed by atoms with van der Waals surface area (Å²) in [5, 5.41) is 12.0. The fraction of sp³-hybridized carbons (Fsp3) is 0.583. The van der Waals surface area contributed by atoms with E-state index in [0.29, 0.717) is 0 Å². The van der Waals surface area contributed by atoms with Crippen molar-refractivity contribution in [2.75, 3.05) is 0 Å². The molecule has 1 rings (SSSR count). The summed E-state index contributed by atoms with van der Waals surface area (Å²) in [5.41, 5.74) is 0.787. The molecular formula is C12H19NO. The summed E-state index contributed by atoms with van der Waals surface area (Å²) in [4.78, 5) is 0. The van der Waals surface area contributed by atoms with Gasteiger partial charge in [0.1, 0.15) is 0 Å². The summed E-state index contributed by atoms with van der Waals surface area (Å²) in [6, 6.07) is 0. The Hall–Kier alpha value is -1.05. The zero-order valence-electron chi connectivity index (χ0n) is 8.65. The molecule has 0 aromatic heterocycles. The standard InChI is InChI=1S/C12H19NO/c14-13-12-10-8-6-4-2-1-3-5-7-9-11-12/h4,6,8,10,14H,1-3,5,7,9,11H2. The SMILES string of the molecule is ON=C1C=CC=CCCCCCCC1. The van der Waals surface area contributed by atoms with Crippen LogP contribution >= 0.6 is 0 Å². The molecular weight excluding hydrogens is 174 g/mol. The maximum absolute atomic E-state index is 8.71. The third-order valence-corrected chi connectivity index (χ3v) is 2.47. The average molecular weight is 193 g/mol. The van der Waals surface area contributed by atoms with Crippen LogP contribution in [0.2, 0.25) is 0 Å². The van der Waals surface area contributed by atoms with E-state index in [4.69, 9.17) is 5.21 Å². The van der Waals surface area contributed by atoms with E-state index in [9.17, 15) is 0 Å². The highest BCUT2D eigenvalue weighted by Gasteiger charge is 1.96. The second-order valence-electron chi connectivity index (χ2n) is 3.69. The molecule has 78 valence electrons. The predicted octanol–water partition coefficient (Wildman–Crippen LogP) is 3.67. The van der Waals surface area contributed by atoms with Crippen LogP contribution in [0.3, 0.4) is 0 Å². The molecule has 14 heavy (non-hydrogen) atoms. The quantitative estimate of drug-likeness (QED) is 0.462. The van der Waals surface area contributed by atoms with Crippen molar-refractivity contribution >= 4 is 5.71 Å². The van der Waals surface area contributed by atoms with E-state index in [0.717, 1.165) is 25.0 Å². The smallest absolute Gasteiger partial charge is 0.0795 e. The monoisotopic (exact) mass is 193 g/mol. The Balaban J connectivity index is 2.47. The highest BCUT2D eigenvalue weighted by Crippen LogP contribution is 2.09.